The molecule has 1 unspecified atom stereocenters. The van der Waals surface area contributed by atoms with E-state index in [0.29, 0.717) is 5.56 Å². The summed E-state index contributed by atoms with van der Waals surface area (Å²) in [6.07, 6.45) is -0.195. The van der Waals surface area contributed by atoms with Gasteiger partial charge in [-0.25, -0.2) is 8.42 Å². The predicted octanol–water partition coefficient (Wildman–Crippen LogP) is 2.31. The molecule has 0 aliphatic carbocycles. The topological polar surface area (TPSA) is 114 Å². The smallest absolute Gasteiger partial charge is 0.308 e. The highest BCUT2D eigenvalue weighted by Gasteiger charge is 2.30. The van der Waals surface area contributed by atoms with Crippen molar-refractivity contribution in [1.82, 2.24) is 10.0 Å². The van der Waals surface area contributed by atoms with E-state index in [1.165, 1.54) is 6.07 Å². The highest BCUT2D eigenvalue weighted by Crippen LogP contribution is 2.22. The number of hydrogen-bond acceptors (Lipinski definition) is 6. The molecular weight excluding hydrogens is 418 g/mol. The lowest BCUT2D eigenvalue weighted by Crippen LogP contribution is -2.31. The van der Waals surface area contributed by atoms with E-state index >= 15 is 0 Å². The zero-order valence-electron chi connectivity index (χ0n) is 17.4. The number of hydrogen-bond donors (Lipinski definition) is 2. The van der Waals surface area contributed by atoms with Gasteiger partial charge >= 0.3 is 5.97 Å². The first-order valence-electron chi connectivity index (χ1n) is 9.96. The number of carbonyl (C=O) groups is 2. The van der Waals surface area contributed by atoms with E-state index in [4.69, 9.17) is 4.74 Å². The van der Waals surface area contributed by atoms with Gasteiger partial charge in [0.05, 0.1) is 30.0 Å². The summed E-state index contributed by atoms with van der Waals surface area (Å²) in [5.74, 6) is -0.477. The van der Waals surface area contributed by atoms with E-state index < -0.39 is 22.0 Å². The Labute approximate surface area is 181 Å². The molecule has 0 bridgehead atoms. The maximum Gasteiger partial charge on any atom is 0.308 e. The number of amidine groups is 1. The number of benzene rings is 2. The summed E-state index contributed by atoms with van der Waals surface area (Å²) in [7, 11) is -3.62. The number of amides is 1. The van der Waals surface area contributed by atoms with Gasteiger partial charge in [-0.1, -0.05) is 42.5 Å². The molecule has 2 aromatic carbocycles. The second kappa shape index (κ2) is 9.74. The van der Waals surface area contributed by atoms with E-state index in [1.54, 1.807) is 32.0 Å². The fraction of sp³-hybridized carbons (Fsp3) is 0.318. The molecular formula is C22H25N3O5S. The van der Waals surface area contributed by atoms with Crippen molar-refractivity contribution >= 4 is 27.7 Å². The van der Waals surface area contributed by atoms with Crippen LogP contribution < -0.4 is 10.0 Å². The van der Waals surface area contributed by atoms with Crippen LogP contribution in [0.4, 0.5) is 0 Å². The number of sulfonamides is 1. The van der Waals surface area contributed by atoms with Crippen molar-refractivity contribution in [3.05, 3.63) is 65.7 Å². The number of rotatable bonds is 8. The highest BCUT2D eigenvalue weighted by atomic mass is 32.2. The number of nitrogens with zero attached hydrogens (tertiary/aromatic N) is 1. The molecule has 1 aliphatic rings. The SMILES string of the molecule is CC(C)OC(=O)CC(NC(=O)CCN=C1NS(=O)(=O)c2ccccc21)c1ccccc1. The van der Waals surface area contributed by atoms with Gasteiger partial charge < -0.3 is 10.1 Å². The fourth-order valence-electron chi connectivity index (χ4n) is 3.20. The third kappa shape index (κ3) is 5.91. The lowest BCUT2D eigenvalue weighted by atomic mass is 10.0. The fourth-order valence-corrected chi connectivity index (χ4v) is 4.45. The first-order chi connectivity index (χ1) is 14.8. The van der Waals surface area contributed by atoms with Gasteiger partial charge in [0.2, 0.25) is 5.91 Å². The number of aliphatic imine (C=N–C) groups is 1. The maximum atomic E-state index is 12.5. The normalized spacial score (nSPS) is 16.4. The molecule has 9 heteroatoms. The van der Waals surface area contributed by atoms with Gasteiger partial charge in [-0.3, -0.25) is 19.3 Å². The van der Waals surface area contributed by atoms with Crippen molar-refractivity contribution in [3.63, 3.8) is 0 Å². The van der Waals surface area contributed by atoms with Crippen LogP contribution in [0.1, 0.15) is 43.9 Å². The second-order valence-corrected chi connectivity index (χ2v) is 9.01. The molecule has 0 spiro atoms. The van der Waals surface area contributed by atoms with Gasteiger partial charge in [0, 0.05) is 12.0 Å². The van der Waals surface area contributed by atoms with Crippen LogP contribution in [0.25, 0.3) is 0 Å². The largest absolute Gasteiger partial charge is 0.463 e. The third-order valence-corrected chi connectivity index (χ3v) is 5.94. The monoisotopic (exact) mass is 443 g/mol. The first kappa shape index (κ1) is 22.5. The van der Waals surface area contributed by atoms with Gasteiger partial charge in [-0.15, -0.1) is 0 Å². The average molecular weight is 444 g/mol. The van der Waals surface area contributed by atoms with Gasteiger partial charge in [-0.2, -0.15) is 0 Å². The summed E-state index contributed by atoms with van der Waals surface area (Å²) in [5.41, 5.74) is 1.28. The first-order valence-corrected chi connectivity index (χ1v) is 11.4. The molecule has 1 heterocycles. The standard InChI is InChI=1S/C22H25N3O5S/c1-15(2)30-21(27)14-18(16-8-4-3-5-9-16)24-20(26)12-13-23-22-17-10-6-7-11-19(17)31(28,29)25-22/h3-11,15,18H,12-14H2,1-2H3,(H,23,25)(H,24,26). The molecule has 164 valence electrons. The van der Waals surface area contributed by atoms with Crippen molar-refractivity contribution < 1.29 is 22.7 Å². The van der Waals surface area contributed by atoms with Crippen LogP contribution in [0.3, 0.4) is 0 Å². The van der Waals surface area contributed by atoms with E-state index in [1.807, 2.05) is 30.3 Å². The van der Waals surface area contributed by atoms with E-state index in [0.717, 1.165) is 5.56 Å². The number of carbonyl (C=O) groups excluding carboxylic acids is 2. The molecule has 0 radical (unpaired) electrons. The van der Waals surface area contributed by atoms with E-state index in [9.17, 15) is 18.0 Å². The minimum Gasteiger partial charge on any atom is -0.463 e. The molecule has 2 aromatic rings. The Morgan fingerprint density at radius 1 is 1.06 bits per heavy atom. The summed E-state index contributed by atoms with van der Waals surface area (Å²) in [6.45, 7) is 3.63. The Morgan fingerprint density at radius 2 is 1.74 bits per heavy atom. The van der Waals surface area contributed by atoms with Crippen LogP contribution in [-0.4, -0.2) is 38.8 Å². The minimum absolute atomic E-state index is 0.00955. The van der Waals surface area contributed by atoms with Crippen LogP contribution in [0.15, 0.2) is 64.5 Å². The summed E-state index contributed by atoms with van der Waals surface area (Å²) in [5, 5.41) is 2.85. The molecule has 0 saturated carbocycles. The Kier molecular flexibility index (Phi) is 7.06. The van der Waals surface area contributed by atoms with Crippen molar-refractivity contribution in [1.29, 1.82) is 0 Å². The highest BCUT2D eigenvalue weighted by molar-refractivity contribution is 7.90. The summed E-state index contributed by atoms with van der Waals surface area (Å²) >= 11 is 0. The van der Waals surface area contributed by atoms with Gasteiger partial charge in [0.1, 0.15) is 5.84 Å². The number of fused-ring (bicyclic) bond motifs is 1. The van der Waals surface area contributed by atoms with Crippen molar-refractivity contribution in [2.24, 2.45) is 4.99 Å². The van der Waals surface area contributed by atoms with Crippen LogP contribution in [-0.2, 0) is 24.3 Å². The number of esters is 1. The van der Waals surface area contributed by atoms with Gasteiger partial charge in [0.15, 0.2) is 0 Å². The van der Waals surface area contributed by atoms with E-state index in [2.05, 4.69) is 15.0 Å². The van der Waals surface area contributed by atoms with Gasteiger partial charge in [-0.05, 0) is 31.5 Å². The molecule has 1 aliphatic heterocycles. The van der Waals surface area contributed by atoms with Crippen LogP contribution in [0, 0.1) is 0 Å². The molecule has 0 fully saturated rings. The third-order valence-electron chi connectivity index (χ3n) is 4.55. The quantitative estimate of drug-likeness (QED) is 0.608. The van der Waals surface area contributed by atoms with Crippen LogP contribution in [0.2, 0.25) is 0 Å². The van der Waals surface area contributed by atoms with Crippen molar-refractivity contribution in [2.75, 3.05) is 6.54 Å². The Hall–Kier alpha value is -3.20. The zero-order chi connectivity index (χ0) is 22.4. The van der Waals surface area contributed by atoms with Crippen molar-refractivity contribution in [2.45, 2.75) is 43.7 Å². The number of nitrogens with one attached hydrogen (secondary N) is 2. The Balaban J connectivity index is 1.64. The lowest BCUT2D eigenvalue weighted by molar-refractivity contribution is -0.148. The van der Waals surface area contributed by atoms with Gasteiger partial charge in [0.25, 0.3) is 10.0 Å². The Morgan fingerprint density at radius 3 is 2.45 bits per heavy atom. The molecule has 0 saturated heterocycles. The van der Waals surface area contributed by atoms with Crippen LogP contribution >= 0.6 is 0 Å². The molecule has 2 N–H and O–H groups in total. The van der Waals surface area contributed by atoms with E-state index in [-0.39, 0.29) is 42.1 Å². The second-order valence-electron chi connectivity index (χ2n) is 7.36. The zero-order valence-corrected chi connectivity index (χ0v) is 18.2. The number of ether oxygens (including phenoxy) is 1. The van der Waals surface area contributed by atoms with Crippen LogP contribution in [0.5, 0.6) is 0 Å². The summed E-state index contributed by atoms with van der Waals surface area (Å²) in [6, 6.07) is 15.2. The molecule has 0 aromatic heterocycles. The molecule has 1 atom stereocenters. The predicted molar refractivity (Wildman–Crippen MR) is 116 cm³/mol. The average Bonchev–Trinajstić information content (AvgIpc) is 2.98. The lowest BCUT2D eigenvalue weighted by Gasteiger charge is -2.19. The minimum atomic E-state index is -3.62. The maximum absolute atomic E-state index is 12.5. The molecule has 1 amide bonds. The summed E-state index contributed by atoms with van der Waals surface area (Å²) < 4.78 is 31.9. The molecule has 8 nitrogen and oxygen atoms in total. The van der Waals surface area contributed by atoms with Crippen molar-refractivity contribution in [3.8, 4) is 0 Å². The summed E-state index contributed by atoms with van der Waals surface area (Å²) in [4.78, 5) is 29.1. The molecule has 31 heavy (non-hydrogen) atoms. The molecule has 3 rings (SSSR count). The Bertz CT molecular complexity index is 1080.